The van der Waals surface area contributed by atoms with Gasteiger partial charge in [0.25, 0.3) is 5.91 Å². The number of rotatable bonds is 5. The van der Waals surface area contributed by atoms with Crippen molar-refractivity contribution in [3.63, 3.8) is 0 Å². The lowest BCUT2D eigenvalue weighted by atomic mass is 10.0. The third-order valence-corrected chi connectivity index (χ3v) is 6.27. The number of amides is 3. The molecule has 2 saturated heterocycles. The Bertz CT molecular complexity index is 605. The largest absolute Gasteiger partial charge is 0.338 e. The van der Waals surface area contributed by atoms with E-state index in [0.29, 0.717) is 0 Å². The highest BCUT2D eigenvalue weighted by molar-refractivity contribution is 7.14. The van der Waals surface area contributed by atoms with E-state index in [1.807, 2.05) is 9.80 Å². The molecule has 3 heterocycles. The van der Waals surface area contributed by atoms with Crippen molar-refractivity contribution < 1.29 is 9.59 Å². The second-order valence-corrected chi connectivity index (χ2v) is 7.75. The number of aryl methyl sites for hydroxylation is 2. The summed E-state index contributed by atoms with van der Waals surface area (Å²) < 4.78 is 0. The van der Waals surface area contributed by atoms with Crippen LogP contribution in [0.5, 0.6) is 0 Å². The van der Waals surface area contributed by atoms with Gasteiger partial charge >= 0.3 is 6.03 Å². The molecule has 0 aliphatic carbocycles. The summed E-state index contributed by atoms with van der Waals surface area (Å²) in [7, 11) is 0. The number of urea groups is 1. The lowest BCUT2D eigenvalue weighted by Gasteiger charge is -2.36. The summed E-state index contributed by atoms with van der Waals surface area (Å²) in [6.45, 7) is 7.36. The standard InChI is InChI=1S/C18H27N3O2S/c1-3-5-15-13(4-2)12-16(24-15)17(22)20-9-6-14(7-10-20)21-11-8-19-18(21)23/h12,14H,3-11H2,1-2H3,(H,19,23). The molecule has 2 aliphatic heterocycles. The number of thiophene rings is 1. The van der Waals surface area contributed by atoms with Gasteiger partial charge in [-0.3, -0.25) is 4.79 Å². The van der Waals surface area contributed by atoms with Gasteiger partial charge in [-0.2, -0.15) is 0 Å². The van der Waals surface area contributed by atoms with Crippen LogP contribution < -0.4 is 5.32 Å². The molecule has 0 radical (unpaired) electrons. The lowest BCUT2D eigenvalue weighted by Crippen LogP contribution is -2.47. The topological polar surface area (TPSA) is 52.7 Å². The van der Waals surface area contributed by atoms with E-state index in [2.05, 4.69) is 25.2 Å². The predicted octanol–water partition coefficient (Wildman–Crippen LogP) is 2.89. The van der Waals surface area contributed by atoms with Crippen LogP contribution in [0.3, 0.4) is 0 Å². The van der Waals surface area contributed by atoms with Crippen LogP contribution >= 0.6 is 11.3 Å². The van der Waals surface area contributed by atoms with E-state index in [0.717, 1.165) is 63.2 Å². The van der Waals surface area contributed by atoms with Crippen LogP contribution in [0.15, 0.2) is 6.07 Å². The Morgan fingerprint density at radius 1 is 1.29 bits per heavy atom. The van der Waals surface area contributed by atoms with Crippen LogP contribution in [0.25, 0.3) is 0 Å². The molecular formula is C18H27N3O2S. The van der Waals surface area contributed by atoms with E-state index in [4.69, 9.17) is 0 Å². The molecule has 3 rings (SSSR count). The van der Waals surface area contributed by atoms with Gasteiger partial charge in [-0.15, -0.1) is 11.3 Å². The highest BCUT2D eigenvalue weighted by Crippen LogP contribution is 2.27. The van der Waals surface area contributed by atoms with Crippen molar-refractivity contribution in [1.82, 2.24) is 15.1 Å². The number of hydrogen-bond donors (Lipinski definition) is 1. The fourth-order valence-corrected chi connectivity index (χ4v) is 5.00. The van der Waals surface area contributed by atoms with Crippen LogP contribution in [-0.4, -0.2) is 54.0 Å². The quantitative estimate of drug-likeness (QED) is 0.889. The summed E-state index contributed by atoms with van der Waals surface area (Å²) in [5.74, 6) is 0.168. The molecule has 1 aromatic rings. The van der Waals surface area contributed by atoms with Crippen molar-refractivity contribution in [3.8, 4) is 0 Å². The molecule has 132 valence electrons. The first-order chi connectivity index (χ1) is 11.6. The number of carbonyl (C=O) groups excluding carboxylic acids is 2. The molecule has 5 nitrogen and oxygen atoms in total. The Labute approximate surface area is 148 Å². The highest BCUT2D eigenvalue weighted by atomic mass is 32.1. The average molecular weight is 350 g/mol. The van der Waals surface area contributed by atoms with Gasteiger partial charge in [0, 0.05) is 37.1 Å². The fourth-order valence-electron chi connectivity index (χ4n) is 3.68. The number of likely N-dealkylation sites (tertiary alicyclic amines) is 1. The van der Waals surface area contributed by atoms with Gasteiger partial charge in [0.2, 0.25) is 0 Å². The summed E-state index contributed by atoms with van der Waals surface area (Å²) in [6.07, 6.45) is 4.93. The number of hydrogen-bond acceptors (Lipinski definition) is 3. The SMILES string of the molecule is CCCc1sc(C(=O)N2CCC(N3CCNC3=O)CC2)cc1CC. The third kappa shape index (κ3) is 3.43. The minimum Gasteiger partial charge on any atom is -0.338 e. The van der Waals surface area contributed by atoms with Crippen LogP contribution in [0, 0.1) is 0 Å². The lowest BCUT2D eigenvalue weighted by molar-refractivity contribution is 0.0671. The molecule has 0 bridgehead atoms. The first-order valence-electron chi connectivity index (χ1n) is 9.09. The first-order valence-corrected chi connectivity index (χ1v) is 9.91. The maximum absolute atomic E-state index is 12.8. The summed E-state index contributed by atoms with van der Waals surface area (Å²) in [4.78, 5) is 30.7. The predicted molar refractivity (Wildman–Crippen MR) is 96.7 cm³/mol. The zero-order valence-corrected chi connectivity index (χ0v) is 15.5. The maximum Gasteiger partial charge on any atom is 0.317 e. The fraction of sp³-hybridized carbons (Fsp3) is 0.667. The van der Waals surface area contributed by atoms with Gasteiger partial charge < -0.3 is 15.1 Å². The molecule has 2 fully saturated rings. The van der Waals surface area contributed by atoms with Gasteiger partial charge in [-0.25, -0.2) is 4.79 Å². The molecule has 3 amide bonds. The van der Waals surface area contributed by atoms with E-state index in [1.165, 1.54) is 10.4 Å². The molecule has 0 atom stereocenters. The monoisotopic (exact) mass is 349 g/mol. The molecule has 0 saturated carbocycles. The molecule has 6 heteroatoms. The molecule has 0 spiro atoms. The Balaban J connectivity index is 1.61. The summed E-state index contributed by atoms with van der Waals surface area (Å²) in [5, 5.41) is 2.86. The number of nitrogens with zero attached hydrogens (tertiary/aromatic N) is 2. The summed E-state index contributed by atoms with van der Waals surface area (Å²) >= 11 is 1.67. The van der Waals surface area contributed by atoms with E-state index in [-0.39, 0.29) is 18.0 Å². The Hall–Kier alpha value is -1.56. The van der Waals surface area contributed by atoms with Gasteiger partial charge in [0.05, 0.1) is 4.88 Å². The number of nitrogens with one attached hydrogen (secondary N) is 1. The van der Waals surface area contributed by atoms with E-state index in [9.17, 15) is 9.59 Å². The minimum atomic E-state index is 0.0508. The van der Waals surface area contributed by atoms with Crippen LogP contribution in [0.2, 0.25) is 0 Å². The normalized spacial score (nSPS) is 19.0. The molecule has 2 aliphatic rings. The van der Waals surface area contributed by atoms with Crippen molar-refractivity contribution in [2.45, 2.75) is 52.0 Å². The highest BCUT2D eigenvalue weighted by Gasteiger charge is 2.32. The maximum atomic E-state index is 12.8. The smallest absolute Gasteiger partial charge is 0.317 e. The van der Waals surface area contributed by atoms with E-state index in [1.54, 1.807) is 11.3 Å². The molecular weight excluding hydrogens is 322 g/mol. The molecule has 24 heavy (non-hydrogen) atoms. The van der Waals surface area contributed by atoms with Crippen LogP contribution in [0.4, 0.5) is 4.79 Å². The van der Waals surface area contributed by atoms with Crippen molar-refractivity contribution in [1.29, 1.82) is 0 Å². The van der Waals surface area contributed by atoms with Crippen LogP contribution in [0.1, 0.15) is 53.2 Å². The Morgan fingerprint density at radius 3 is 2.62 bits per heavy atom. The van der Waals surface area contributed by atoms with Gasteiger partial charge in [-0.05, 0) is 37.3 Å². The molecule has 0 unspecified atom stereocenters. The van der Waals surface area contributed by atoms with Gasteiger partial charge in [0.15, 0.2) is 0 Å². The van der Waals surface area contributed by atoms with Crippen LogP contribution in [-0.2, 0) is 12.8 Å². The van der Waals surface area contributed by atoms with Gasteiger partial charge in [-0.1, -0.05) is 20.3 Å². The summed E-state index contributed by atoms with van der Waals surface area (Å²) in [6, 6.07) is 2.43. The average Bonchev–Trinajstić information content (AvgIpc) is 3.21. The van der Waals surface area contributed by atoms with Crippen molar-refractivity contribution in [3.05, 3.63) is 21.4 Å². The van der Waals surface area contributed by atoms with E-state index >= 15 is 0 Å². The van der Waals surface area contributed by atoms with Crippen molar-refractivity contribution >= 4 is 23.3 Å². The molecule has 1 N–H and O–H groups in total. The van der Waals surface area contributed by atoms with Crippen molar-refractivity contribution in [2.75, 3.05) is 26.2 Å². The Morgan fingerprint density at radius 2 is 2.04 bits per heavy atom. The first kappa shape index (κ1) is 17.3. The molecule has 0 aromatic carbocycles. The zero-order valence-electron chi connectivity index (χ0n) is 14.6. The van der Waals surface area contributed by atoms with Gasteiger partial charge in [0.1, 0.15) is 0 Å². The Kier molecular flexibility index (Phi) is 5.43. The second-order valence-electron chi connectivity index (χ2n) is 6.61. The van der Waals surface area contributed by atoms with E-state index < -0.39 is 0 Å². The van der Waals surface area contributed by atoms with Crippen molar-refractivity contribution in [2.24, 2.45) is 0 Å². The second kappa shape index (κ2) is 7.55. The molecule has 1 aromatic heterocycles. The minimum absolute atomic E-state index is 0.0508. The third-order valence-electron chi connectivity index (χ3n) is 5.05. The number of piperidine rings is 1. The number of carbonyl (C=O) groups is 2. The summed E-state index contributed by atoms with van der Waals surface area (Å²) in [5.41, 5.74) is 1.33. The zero-order chi connectivity index (χ0) is 17.1.